The summed E-state index contributed by atoms with van der Waals surface area (Å²) in [5.74, 6) is 0.839. The van der Waals surface area contributed by atoms with Crippen molar-refractivity contribution in [2.45, 2.75) is 71.5 Å². The Bertz CT molecular complexity index is 1720. The van der Waals surface area contributed by atoms with Crippen LogP contribution in [0, 0.1) is 6.92 Å². The van der Waals surface area contributed by atoms with Gasteiger partial charge in [0.25, 0.3) is 0 Å². The van der Waals surface area contributed by atoms with Gasteiger partial charge < -0.3 is 15.2 Å². The summed E-state index contributed by atoms with van der Waals surface area (Å²) < 4.78 is 42.8. The first kappa shape index (κ1) is 34.0. The maximum absolute atomic E-state index is 12.9. The summed E-state index contributed by atoms with van der Waals surface area (Å²) in [6, 6.07) is 18.8. The Labute approximate surface area is 275 Å². The number of aliphatic hydroxyl groups excluding tert-OH is 1. The highest BCUT2D eigenvalue weighted by molar-refractivity contribution is 8.14. The maximum Gasteiger partial charge on any atom is 0.573 e. The van der Waals surface area contributed by atoms with Crippen LogP contribution in [0.15, 0.2) is 78.0 Å². The molecule has 2 atom stereocenters. The fraction of sp³-hybridized carbons (Fsp3) is 0.353. The first-order valence-electron chi connectivity index (χ1n) is 15.3. The van der Waals surface area contributed by atoms with Crippen molar-refractivity contribution in [3.05, 3.63) is 89.7 Å². The lowest BCUT2D eigenvalue weighted by atomic mass is 9.98. The number of anilines is 1. The average Bonchev–Trinajstić information content (AvgIpc) is 3.64. The molecule has 0 radical (unpaired) electrons. The Kier molecular flexibility index (Phi) is 10.6. The Morgan fingerprint density at radius 3 is 2.62 bits per heavy atom. The van der Waals surface area contributed by atoms with Gasteiger partial charge in [-0.15, -0.1) is 18.3 Å². The first-order chi connectivity index (χ1) is 22.4. The zero-order valence-electron chi connectivity index (χ0n) is 26.5. The van der Waals surface area contributed by atoms with Crippen LogP contribution >= 0.6 is 11.8 Å². The Balaban J connectivity index is 1.15. The van der Waals surface area contributed by atoms with E-state index in [0.29, 0.717) is 22.4 Å². The number of aromatic nitrogens is 3. The summed E-state index contributed by atoms with van der Waals surface area (Å²) >= 11 is 1.36. The fourth-order valence-electron chi connectivity index (χ4n) is 5.32. The van der Waals surface area contributed by atoms with Crippen LogP contribution in [0.4, 0.5) is 23.7 Å². The molecule has 2 amide bonds. The number of aryl methyl sites for hydroxylation is 2. The molecule has 0 spiro atoms. The number of carbonyl (C=O) groups is 1. The summed E-state index contributed by atoms with van der Waals surface area (Å²) in [6.45, 7) is 8.14. The Morgan fingerprint density at radius 1 is 1.13 bits per heavy atom. The molecule has 1 aromatic heterocycles. The minimum absolute atomic E-state index is 0.115. The second-order valence-corrected chi connectivity index (χ2v) is 12.8. The minimum atomic E-state index is -4.75. The standard InChI is InChI=1S/C34H37F3N6O3S/c1-21(2)28-16-11-22(3)17-29(28)43-30(44)19-47-33(43)40-32(45)39-23(4)7-5-8-24-9-6-10-25(18-24)31-38-20-42(41-31)26-12-14-27(15-13-26)46-34(35,36)37/h6,9-18,20-21,23,30,44H,5,7-8,19H2,1-4H3,(H,39,45). The predicted octanol–water partition coefficient (Wildman–Crippen LogP) is 7.61. The third-order valence-corrected chi connectivity index (χ3v) is 8.63. The monoisotopic (exact) mass is 666 g/mol. The van der Waals surface area contributed by atoms with Gasteiger partial charge in [0.1, 0.15) is 18.3 Å². The fourth-order valence-corrected chi connectivity index (χ4v) is 6.28. The predicted molar refractivity (Wildman–Crippen MR) is 178 cm³/mol. The summed E-state index contributed by atoms with van der Waals surface area (Å²) in [7, 11) is 0. The summed E-state index contributed by atoms with van der Waals surface area (Å²) in [6.07, 6.45) is -1.70. The number of alkyl halides is 3. The van der Waals surface area contributed by atoms with Crippen molar-refractivity contribution < 1.29 is 27.8 Å². The summed E-state index contributed by atoms with van der Waals surface area (Å²) in [4.78, 5) is 23.4. The normalized spacial score (nSPS) is 16.6. The van der Waals surface area contributed by atoms with Crippen molar-refractivity contribution in [3.8, 4) is 22.8 Å². The molecule has 1 aliphatic heterocycles. The van der Waals surface area contributed by atoms with Crippen LogP contribution in [0.25, 0.3) is 17.1 Å². The van der Waals surface area contributed by atoms with Crippen LogP contribution in [0.1, 0.15) is 56.2 Å². The topological polar surface area (TPSA) is 105 Å². The number of benzene rings is 3. The molecule has 5 rings (SSSR count). The van der Waals surface area contributed by atoms with E-state index in [4.69, 9.17) is 0 Å². The molecule has 1 fully saturated rings. The lowest BCUT2D eigenvalue weighted by Crippen LogP contribution is -2.37. The lowest BCUT2D eigenvalue weighted by Gasteiger charge is -2.26. The number of hydrogen-bond acceptors (Lipinski definition) is 6. The number of amidine groups is 1. The second kappa shape index (κ2) is 14.6. The number of hydrogen-bond donors (Lipinski definition) is 2. The van der Waals surface area contributed by atoms with Gasteiger partial charge in [0.2, 0.25) is 0 Å². The molecular weight excluding hydrogens is 629 g/mol. The molecule has 0 aliphatic carbocycles. The van der Waals surface area contributed by atoms with Gasteiger partial charge in [0, 0.05) is 23.0 Å². The SMILES string of the molecule is Cc1ccc(C(C)C)c(N2C(=NC(=O)NC(C)CCCc3cccc(-c4ncn(-c5ccc(OC(F)(F)F)cc5)n4)c3)SCC2O)c1. The molecule has 0 saturated carbocycles. The number of urea groups is 1. The maximum atomic E-state index is 12.9. The van der Waals surface area contributed by atoms with E-state index in [-0.39, 0.29) is 17.7 Å². The van der Waals surface area contributed by atoms with Crippen molar-refractivity contribution in [1.29, 1.82) is 0 Å². The van der Waals surface area contributed by atoms with Crippen molar-refractivity contribution >= 4 is 28.6 Å². The van der Waals surface area contributed by atoms with E-state index >= 15 is 0 Å². The molecule has 1 aliphatic rings. The zero-order valence-corrected chi connectivity index (χ0v) is 27.3. The number of rotatable bonds is 10. The van der Waals surface area contributed by atoms with E-state index in [9.17, 15) is 23.1 Å². The molecule has 4 aromatic rings. The minimum Gasteiger partial charge on any atom is -0.406 e. The third kappa shape index (κ3) is 8.92. The van der Waals surface area contributed by atoms with Gasteiger partial charge in [-0.3, -0.25) is 4.90 Å². The van der Waals surface area contributed by atoms with E-state index in [1.165, 1.54) is 47.0 Å². The van der Waals surface area contributed by atoms with Crippen molar-refractivity contribution in [2.75, 3.05) is 10.7 Å². The number of thioether (sulfide) groups is 1. The number of amides is 2. The number of halogens is 3. The van der Waals surface area contributed by atoms with Crippen LogP contribution in [0.3, 0.4) is 0 Å². The number of ether oxygens (including phenoxy) is 1. The molecule has 2 heterocycles. The van der Waals surface area contributed by atoms with E-state index in [0.717, 1.165) is 47.2 Å². The lowest BCUT2D eigenvalue weighted by molar-refractivity contribution is -0.274. The van der Waals surface area contributed by atoms with Gasteiger partial charge in [-0.05, 0) is 92.1 Å². The molecule has 2 N–H and O–H groups in total. The van der Waals surface area contributed by atoms with E-state index < -0.39 is 18.6 Å². The van der Waals surface area contributed by atoms with Gasteiger partial charge in [-0.25, -0.2) is 14.5 Å². The summed E-state index contributed by atoms with van der Waals surface area (Å²) in [5, 5.41) is 18.7. The number of aliphatic hydroxyl groups is 1. The van der Waals surface area contributed by atoms with Crippen LogP contribution in [0.5, 0.6) is 5.75 Å². The van der Waals surface area contributed by atoms with Gasteiger partial charge in [-0.2, -0.15) is 4.99 Å². The van der Waals surface area contributed by atoms with Gasteiger partial charge in [0.05, 0.1) is 5.69 Å². The highest BCUT2D eigenvalue weighted by Gasteiger charge is 2.33. The smallest absolute Gasteiger partial charge is 0.406 e. The van der Waals surface area contributed by atoms with Gasteiger partial charge in [0.15, 0.2) is 11.0 Å². The van der Waals surface area contributed by atoms with Crippen molar-refractivity contribution in [1.82, 2.24) is 20.1 Å². The van der Waals surface area contributed by atoms with Crippen LogP contribution in [-0.4, -0.2) is 55.5 Å². The van der Waals surface area contributed by atoms with Crippen LogP contribution < -0.4 is 15.0 Å². The molecule has 47 heavy (non-hydrogen) atoms. The highest BCUT2D eigenvalue weighted by Crippen LogP contribution is 2.36. The summed E-state index contributed by atoms with van der Waals surface area (Å²) in [5.41, 5.74) is 5.45. The Hall–Kier alpha value is -4.36. The highest BCUT2D eigenvalue weighted by atomic mass is 32.2. The van der Waals surface area contributed by atoms with Gasteiger partial charge >= 0.3 is 12.4 Å². The number of nitrogens with zero attached hydrogens (tertiary/aromatic N) is 5. The molecule has 2 unspecified atom stereocenters. The van der Waals surface area contributed by atoms with Crippen molar-refractivity contribution in [3.63, 3.8) is 0 Å². The van der Waals surface area contributed by atoms with Gasteiger partial charge in [-0.1, -0.05) is 55.9 Å². The average molecular weight is 667 g/mol. The Morgan fingerprint density at radius 2 is 1.89 bits per heavy atom. The molecule has 248 valence electrons. The molecule has 3 aromatic carbocycles. The van der Waals surface area contributed by atoms with Crippen LogP contribution in [0.2, 0.25) is 0 Å². The molecule has 9 nitrogen and oxygen atoms in total. The van der Waals surface area contributed by atoms with E-state index in [1.54, 1.807) is 4.90 Å². The van der Waals surface area contributed by atoms with Crippen LogP contribution in [-0.2, 0) is 6.42 Å². The molecule has 1 saturated heterocycles. The quantitative estimate of drug-likeness (QED) is 0.180. The molecule has 0 bridgehead atoms. The molecular formula is C34H37F3N6O3S. The number of nitrogens with one attached hydrogen (secondary N) is 1. The van der Waals surface area contributed by atoms with E-state index in [2.05, 4.69) is 45.0 Å². The largest absolute Gasteiger partial charge is 0.573 e. The number of aliphatic imine (C=N–C) groups is 1. The first-order valence-corrected chi connectivity index (χ1v) is 16.3. The third-order valence-electron chi connectivity index (χ3n) is 7.61. The zero-order chi connectivity index (χ0) is 33.7. The second-order valence-electron chi connectivity index (χ2n) is 11.8. The number of carbonyl (C=O) groups excluding carboxylic acids is 1. The van der Waals surface area contributed by atoms with Crippen molar-refractivity contribution in [2.24, 2.45) is 4.99 Å². The van der Waals surface area contributed by atoms with E-state index in [1.807, 2.05) is 50.2 Å². The molecule has 13 heteroatoms.